The highest BCUT2D eigenvalue weighted by Crippen LogP contribution is 2.16. The molecule has 2 N–H and O–H groups in total. The number of pyridine rings is 1. The van der Waals surface area contributed by atoms with Crippen LogP contribution in [0.5, 0.6) is 0 Å². The van der Waals surface area contributed by atoms with Gasteiger partial charge in [-0.05, 0) is 48.4 Å². The summed E-state index contributed by atoms with van der Waals surface area (Å²) < 4.78 is 27.0. The van der Waals surface area contributed by atoms with E-state index in [4.69, 9.17) is 11.6 Å². The minimum Gasteiger partial charge on any atom is -0.383 e. The average Bonchev–Trinajstić information content (AvgIpc) is 2.64. The van der Waals surface area contributed by atoms with Crippen LogP contribution in [0.4, 0.5) is 11.5 Å². The van der Waals surface area contributed by atoms with Gasteiger partial charge in [-0.1, -0.05) is 41.9 Å². The van der Waals surface area contributed by atoms with Crippen molar-refractivity contribution in [2.24, 2.45) is 0 Å². The largest absolute Gasteiger partial charge is 0.383 e. The summed E-state index contributed by atoms with van der Waals surface area (Å²) in [5.41, 5.74) is 1.96. The lowest BCUT2D eigenvalue weighted by Gasteiger charge is -2.09. The van der Waals surface area contributed by atoms with Gasteiger partial charge in [-0.2, -0.15) is 0 Å². The SMILES string of the molecule is O=S(=O)(Nc1ccc(NCCc2cccc(Cl)c2)cn1)c1ccccc1. The van der Waals surface area contributed by atoms with Gasteiger partial charge in [0.25, 0.3) is 10.0 Å². The molecule has 1 heterocycles. The molecule has 1 aromatic heterocycles. The number of hydrogen-bond donors (Lipinski definition) is 2. The molecule has 0 aliphatic carbocycles. The van der Waals surface area contributed by atoms with Crippen molar-refractivity contribution in [1.29, 1.82) is 0 Å². The van der Waals surface area contributed by atoms with Crippen LogP contribution in [0.1, 0.15) is 5.56 Å². The normalized spacial score (nSPS) is 11.1. The van der Waals surface area contributed by atoms with Crippen molar-refractivity contribution in [2.45, 2.75) is 11.3 Å². The lowest BCUT2D eigenvalue weighted by Crippen LogP contribution is -2.14. The smallest absolute Gasteiger partial charge is 0.263 e. The summed E-state index contributed by atoms with van der Waals surface area (Å²) in [6.45, 7) is 0.719. The van der Waals surface area contributed by atoms with Gasteiger partial charge >= 0.3 is 0 Å². The lowest BCUT2D eigenvalue weighted by molar-refractivity contribution is 0.601. The van der Waals surface area contributed by atoms with Gasteiger partial charge in [-0.15, -0.1) is 0 Å². The monoisotopic (exact) mass is 387 g/mol. The Morgan fingerprint density at radius 1 is 0.962 bits per heavy atom. The van der Waals surface area contributed by atoms with E-state index in [1.807, 2.05) is 24.3 Å². The molecule has 0 aliphatic heterocycles. The standard InChI is InChI=1S/C19H18ClN3O2S/c20-16-6-4-5-15(13-16)11-12-21-17-9-10-19(22-14-17)23-26(24,25)18-7-2-1-3-8-18/h1-10,13-14,21H,11-12H2,(H,22,23). The Bertz CT molecular complexity index is 962. The predicted octanol–water partition coefficient (Wildman–Crippen LogP) is 4.19. The number of nitrogens with one attached hydrogen (secondary N) is 2. The minimum absolute atomic E-state index is 0.200. The van der Waals surface area contributed by atoms with Crippen LogP contribution in [-0.4, -0.2) is 19.9 Å². The molecular weight excluding hydrogens is 370 g/mol. The highest BCUT2D eigenvalue weighted by Gasteiger charge is 2.13. The molecule has 26 heavy (non-hydrogen) atoms. The van der Waals surface area contributed by atoms with Crippen LogP contribution in [0.25, 0.3) is 0 Å². The Balaban J connectivity index is 1.57. The highest BCUT2D eigenvalue weighted by atomic mass is 35.5. The summed E-state index contributed by atoms with van der Waals surface area (Å²) in [5, 5.41) is 3.97. The van der Waals surface area contributed by atoms with Crippen LogP contribution in [0.15, 0.2) is 77.8 Å². The molecule has 134 valence electrons. The number of anilines is 2. The zero-order valence-corrected chi connectivity index (χ0v) is 15.5. The molecule has 0 saturated carbocycles. The van der Waals surface area contributed by atoms with Crippen molar-refractivity contribution in [1.82, 2.24) is 4.98 Å². The molecule has 7 heteroatoms. The van der Waals surface area contributed by atoms with E-state index < -0.39 is 10.0 Å². The molecule has 3 rings (SSSR count). The maximum absolute atomic E-state index is 12.3. The quantitative estimate of drug-likeness (QED) is 0.637. The van der Waals surface area contributed by atoms with Crippen molar-refractivity contribution < 1.29 is 8.42 Å². The first-order valence-corrected chi connectivity index (χ1v) is 9.91. The minimum atomic E-state index is -3.63. The molecule has 0 spiro atoms. The van der Waals surface area contributed by atoms with E-state index in [1.54, 1.807) is 36.5 Å². The summed E-state index contributed by atoms with van der Waals surface area (Å²) in [6, 6.07) is 19.3. The maximum Gasteiger partial charge on any atom is 0.263 e. The van der Waals surface area contributed by atoms with E-state index in [9.17, 15) is 8.42 Å². The van der Waals surface area contributed by atoms with Crippen molar-refractivity contribution in [2.75, 3.05) is 16.6 Å². The van der Waals surface area contributed by atoms with Crippen LogP contribution in [0.3, 0.4) is 0 Å². The molecule has 2 aromatic carbocycles. The Kier molecular flexibility index (Phi) is 5.75. The van der Waals surface area contributed by atoms with Gasteiger partial charge in [0.05, 0.1) is 16.8 Å². The van der Waals surface area contributed by atoms with E-state index in [0.29, 0.717) is 0 Å². The predicted molar refractivity (Wildman–Crippen MR) is 105 cm³/mol. The fourth-order valence-corrected chi connectivity index (χ4v) is 3.64. The van der Waals surface area contributed by atoms with E-state index in [0.717, 1.165) is 29.2 Å². The topological polar surface area (TPSA) is 71.1 Å². The first-order valence-electron chi connectivity index (χ1n) is 8.05. The van der Waals surface area contributed by atoms with Crippen LogP contribution in [-0.2, 0) is 16.4 Å². The van der Waals surface area contributed by atoms with Gasteiger partial charge in [-0.25, -0.2) is 13.4 Å². The molecule has 0 amide bonds. The molecule has 3 aromatic rings. The van der Waals surface area contributed by atoms with Crippen LogP contribution < -0.4 is 10.0 Å². The Morgan fingerprint density at radius 3 is 2.46 bits per heavy atom. The molecule has 0 atom stereocenters. The van der Waals surface area contributed by atoms with E-state index in [1.165, 1.54) is 12.1 Å². The zero-order valence-electron chi connectivity index (χ0n) is 13.9. The number of rotatable bonds is 7. The molecule has 0 unspecified atom stereocenters. The first-order chi connectivity index (χ1) is 12.5. The first kappa shape index (κ1) is 18.2. The molecule has 0 bridgehead atoms. The molecule has 0 fully saturated rings. The highest BCUT2D eigenvalue weighted by molar-refractivity contribution is 7.92. The summed E-state index contributed by atoms with van der Waals surface area (Å²) in [7, 11) is -3.63. The van der Waals surface area contributed by atoms with Gasteiger partial charge in [-0.3, -0.25) is 4.72 Å². The number of nitrogens with zero attached hydrogens (tertiary/aromatic N) is 1. The van der Waals surface area contributed by atoms with Crippen molar-refractivity contribution in [3.05, 3.63) is 83.5 Å². The number of hydrogen-bond acceptors (Lipinski definition) is 4. The van der Waals surface area contributed by atoms with Crippen LogP contribution in [0.2, 0.25) is 5.02 Å². The van der Waals surface area contributed by atoms with Gasteiger partial charge in [0, 0.05) is 11.6 Å². The summed E-state index contributed by atoms with van der Waals surface area (Å²) in [4.78, 5) is 4.35. The van der Waals surface area contributed by atoms with Crippen LogP contribution >= 0.6 is 11.6 Å². The third-order valence-corrected chi connectivity index (χ3v) is 5.29. The van der Waals surface area contributed by atoms with Gasteiger partial charge < -0.3 is 5.32 Å². The second-order valence-electron chi connectivity index (χ2n) is 5.66. The molecule has 5 nitrogen and oxygen atoms in total. The van der Waals surface area contributed by atoms with E-state index in [2.05, 4.69) is 15.0 Å². The van der Waals surface area contributed by atoms with E-state index in [-0.39, 0.29) is 10.7 Å². The average molecular weight is 388 g/mol. The van der Waals surface area contributed by atoms with Gasteiger partial charge in [0.15, 0.2) is 0 Å². The van der Waals surface area contributed by atoms with Crippen molar-refractivity contribution in [3.8, 4) is 0 Å². The van der Waals surface area contributed by atoms with Gasteiger partial charge in [0.1, 0.15) is 5.82 Å². The molecule has 0 saturated heterocycles. The lowest BCUT2D eigenvalue weighted by atomic mass is 10.1. The Labute approximate surface area is 158 Å². The summed E-state index contributed by atoms with van der Waals surface area (Å²) >= 11 is 5.97. The Hall–Kier alpha value is -2.57. The molecule has 0 radical (unpaired) electrons. The number of aromatic nitrogens is 1. The Morgan fingerprint density at radius 2 is 1.77 bits per heavy atom. The summed E-state index contributed by atoms with van der Waals surface area (Å²) in [6.07, 6.45) is 2.42. The second-order valence-corrected chi connectivity index (χ2v) is 7.78. The number of sulfonamides is 1. The molecule has 0 aliphatic rings. The van der Waals surface area contributed by atoms with E-state index >= 15 is 0 Å². The number of halogens is 1. The molecular formula is C19H18ClN3O2S. The number of benzene rings is 2. The zero-order chi connectivity index (χ0) is 18.4. The van der Waals surface area contributed by atoms with Gasteiger partial charge in [0.2, 0.25) is 0 Å². The second kappa shape index (κ2) is 8.21. The third kappa shape index (κ3) is 4.97. The van der Waals surface area contributed by atoms with Crippen molar-refractivity contribution in [3.63, 3.8) is 0 Å². The van der Waals surface area contributed by atoms with Crippen molar-refractivity contribution >= 4 is 33.1 Å². The fraction of sp³-hybridized carbons (Fsp3) is 0.105. The maximum atomic E-state index is 12.3. The third-order valence-electron chi connectivity index (χ3n) is 3.69. The summed E-state index contributed by atoms with van der Waals surface area (Å²) in [5.74, 6) is 0.272. The van der Waals surface area contributed by atoms with Crippen LogP contribution in [0, 0.1) is 0 Å². The fourth-order valence-electron chi connectivity index (χ4n) is 2.40.